The van der Waals surface area contributed by atoms with Gasteiger partial charge in [-0.2, -0.15) is 0 Å². The molecule has 0 heterocycles. The van der Waals surface area contributed by atoms with Crippen molar-refractivity contribution in [2.45, 2.75) is 65.2 Å². The Morgan fingerprint density at radius 1 is 0.829 bits per heavy atom. The van der Waals surface area contributed by atoms with Crippen molar-refractivity contribution in [2.75, 3.05) is 20.8 Å². The topological polar surface area (TPSA) is 99.1 Å². The smallest absolute Gasteiger partial charge is 0.342 e. The number of ether oxygens (including phenoxy) is 3. The molecule has 0 saturated carbocycles. The third kappa shape index (κ3) is 7.31. The van der Waals surface area contributed by atoms with Crippen molar-refractivity contribution in [3.63, 3.8) is 0 Å². The number of rotatable bonds is 14. The second kappa shape index (κ2) is 14.1. The Labute approximate surface area is 207 Å². The van der Waals surface area contributed by atoms with Crippen LogP contribution in [-0.2, 0) is 15.9 Å². The second-order valence-electron chi connectivity index (χ2n) is 8.32. The zero-order chi connectivity index (χ0) is 25.8. The maximum absolute atomic E-state index is 13.5. The van der Waals surface area contributed by atoms with Gasteiger partial charge in [-0.1, -0.05) is 45.4 Å². The molecule has 0 atom stereocenters. The summed E-state index contributed by atoms with van der Waals surface area (Å²) in [5.74, 6) is -2.02. The maximum atomic E-state index is 13.5. The molecule has 0 aliphatic rings. The number of unbranched alkanes of at least 4 members (excludes halogenated alkanes) is 6. The molecule has 0 amide bonds. The number of benzene rings is 2. The lowest BCUT2D eigenvalue weighted by atomic mass is 9.89. The Hall–Kier alpha value is -3.35. The van der Waals surface area contributed by atoms with Crippen molar-refractivity contribution >= 4 is 17.7 Å². The van der Waals surface area contributed by atoms with Crippen molar-refractivity contribution in [1.29, 1.82) is 0 Å². The molecule has 0 radical (unpaired) electrons. The number of hydrogen-bond acceptors (Lipinski definition) is 7. The molecular formula is C28H36O7. The first-order valence-corrected chi connectivity index (χ1v) is 12.2. The van der Waals surface area contributed by atoms with Crippen molar-refractivity contribution in [3.8, 4) is 11.5 Å². The Morgan fingerprint density at radius 3 is 2.03 bits per heavy atom. The van der Waals surface area contributed by atoms with Gasteiger partial charge in [0, 0.05) is 11.1 Å². The van der Waals surface area contributed by atoms with Gasteiger partial charge in [0.2, 0.25) is 0 Å². The molecule has 0 saturated heterocycles. The van der Waals surface area contributed by atoms with Crippen LogP contribution in [0.2, 0.25) is 0 Å². The lowest BCUT2D eigenvalue weighted by Gasteiger charge is -2.17. The van der Waals surface area contributed by atoms with Gasteiger partial charge in [-0.15, -0.1) is 0 Å². The fourth-order valence-electron chi connectivity index (χ4n) is 3.98. The van der Waals surface area contributed by atoms with E-state index in [0.29, 0.717) is 23.3 Å². The van der Waals surface area contributed by atoms with E-state index in [-0.39, 0.29) is 29.0 Å². The number of hydrogen-bond donors (Lipinski definition) is 1. The van der Waals surface area contributed by atoms with Crippen molar-refractivity contribution in [1.82, 2.24) is 0 Å². The molecule has 0 spiro atoms. The van der Waals surface area contributed by atoms with Gasteiger partial charge in [-0.05, 0) is 55.7 Å². The predicted octanol–water partition coefficient (Wildman–Crippen LogP) is 5.89. The highest BCUT2D eigenvalue weighted by Gasteiger charge is 2.31. The van der Waals surface area contributed by atoms with Gasteiger partial charge < -0.3 is 19.3 Å². The Bertz CT molecular complexity index is 1010. The highest BCUT2D eigenvalue weighted by molar-refractivity contribution is 6.18. The molecule has 7 nitrogen and oxygen atoms in total. The SMILES string of the molecule is CCCCCCCCCc1cc(C(=O)c2ccc(OC)cc2)c(C(=O)OCC)c(C(=O)OC)c1O. The average Bonchev–Trinajstić information content (AvgIpc) is 2.87. The van der Waals surface area contributed by atoms with E-state index in [1.54, 1.807) is 31.2 Å². The Balaban J connectivity index is 2.50. The first-order chi connectivity index (χ1) is 16.9. The number of methoxy groups -OCH3 is 2. The molecule has 2 aromatic carbocycles. The lowest BCUT2D eigenvalue weighted by molar-refractivity contribution is 0.0499. The fraction of sp³-hybridized carbons (Fsp3) is 0.464. The number of ketones is 1. The molecule has 190 valence electrons. The molecule has 0 unspecified atom stereocenters. The Morgan fingerprint density at radius 2 is 1.46 bits per heavy atom. The monoisotopic (exact) mass is 484 g/mol. The van der Waals surface area contributed by atoms with Gasteiger partial charge in [0.25, 0.3) is 0 Å². The first-order valence-electron chi connectivity index (χ1n) is 12.2. The van der Waals surface area contributed by atoms with Crippen LogP contribution < -0.4 is 4.74 Å². The van der Waals surface area contributed by atoms with Crippen LogP contribution in [0, 0.1) is 0 Å². The standard InChI is InChI=1S/C28H36O7/c1-5-7-8-9-10-11-12-13-20-18-22(25(29)19-14-16-21(33-3)17-15-19)23(28(32)35-6-2)24(26(20)30)27(31)34-4/h14-18,30H,5-13H2,1-4H3. The number of esters is 2. The van der Waals surface area contributed by atoms with Crippen LogP contribution >= 0.6 is 0 Å². The number of phenols is 1. The zero-order valence-electron chi connectivity index (χ0n) is 21.1. The third-order valence-corrected chi connectivity index (χ3v) is 5.89. The second-order valence-corrected chi connectivity index (χ2v) is 8.32. The largest absolute Gasteiger partial charge is 0.507 e. The van der Waals surface area contributed by atoms with Crippen LogP contribution in [0.1, 0.15) is 101 Å². The molecule has 35 heavy (non-hydrogen) atoms. The van der Waals surface area contributed by atoms with Crippen LogP contribution in [0.25, 0.3) is 0 Å². The summed E-state index contributed by atoms with van der Waals surface area (Å²) in [6, 6.07) is 7.93. The number of carbonyl (C=O) groups is 3. The summed E-state index contributed by atoms with van der Waals surface area (Å²) in [6.45, 7) is 3.83. The molecule has 0 aliphatic carbocycles. The van der Waals surface area contributed by atoms with Gasteiger partial charge in [-0.25, -0.2) is 9.59 Å². The van der Waals surface area contributed by atoms with E-state index in [4.69, 9.17) is 14.2 Å². The number of aromatic hydroxyl groups is 1. The number of carbonyl (C=O) groups excluding carboxylic acids is 3. The van der Waals surface area contributed by atoms with Gasteiger partial charge >= 0.3 is 11.9 Å². The van der Waals surface area contributed by atoms with E-state index in [2.05, 4.69) is 6.92 Å². The lowest BCUT2D eigenvalue weighted by Crippen LogP contribution is -2.20. The Kier molecular flexibility index (Phi) is 11.3. The van der Waals surface area contributed by atoms with E-state index < -0.39 is 17.7 Å². The summed E-state index contributed by atoms with van der Waals surface area (Å²) >= 11 is 0. The zero-order valence-corrected chi connectivity index (χ0v) is 21.1. The van der Waals surface area contributed by atoms with Crippen LogP contribution in [-0.4, -0.2) is 43.7 Å². The molecule has 2 aromatic rings. The summed E-state index contributed by atoms with van der Waals surface area (Å²) in [7, 11) is 2.68. The number of phenolic OH excluding ortho intramolecular Hbond substituents is 1. The molecule has 1 N–H and O–H groups in total. The predicted molar refractivity (Wildman–Crippen MR) is 134 cm³/mol. The summed E-state index contributed by atoms with van der Waals surface area (Å²) in [6.07, 6.45) is 8.00. The van der Waals surface area contributed by atoms with E-state index in [0.717, 1.165) is 32.8 Å². The average molecular weight is 485 g/mol. The van der Waals surface area contributed by atoms with Crippen LogP contribution in [0.3, 0.4) is 0 Å². The van der Waals surface area contributed by atoms with E-state index >= 15 is 0 Å². The minimum atomic E-state index is -0.907. The molecule has 7 heteroatoms. The van der Waals surface area contributed by atoms with Crippen molar-refractivity contribution in [2.24, 2.45) is 0 Å². The van der Waals surface area contributed by atoms with Crippen molar-refractivity contribution < 1.29 is 33.7 Å². The van der Waals surface area contributed by atoms with E-state index in [1.807, 2.05) is 0 Å². The van der Waals surface area contributed by atoms with Crippen LogP contribution in [0.15, 0.2) is 30.3 Å². The van der Waals surface area contributed by atoms with Crippen LogP contribution in [0.5, 0.6) is 11.5 Å². The highest BCUT2D eigenvalue weighted by Crippen LogP contribution is 2.33. The van der Waals surface area contributed by atoms with Gasteiger partial charge in [0.1, 0.15) is 17.1 Å². The number of aryl methyl sites for hydroxylation is 1. The van der Waals surface area contributed by atoms with Crippen molar-refractivity contribution in [3.05, 3.63) is 58.1 Å². The van der Waals surface area contributed by atoms with E-state index in [1.165, 1.54) is 32.4 Å². The van der Waals surface area contributed by atoms with Gasteiger partial charge in [0.05, 0.1) is 26.4 Å². The summed E-state index contributed by atoms with van der Waals surface area (Å²) in [5.41, 5.74) is 0.0805. The molecule has 0 bridgehead atoms. The molecule has 0 aromatic heterocycles. The van der Waals surface area contributed by atoms with Crippen LogP contribution in [0.4, 0.5) is 0 Å². The minimum absolute atomic E-state index is 0.00948. The molecule has 0 fully saturated rings. The molecular weight excluding hydrogens is 448 g/mol. The summed E-state index contributed by atoms with van der Waals surface area (Å²) in [5, 5.41) is 11.0. The highest BCUT2D eigenvalue weighted by atomic mass is 16.5. The van der Waals surface area contributed by atoms with Gasteiger partial charge in [-0.3, -0.25) is 4.79 Å². The summed E-state index contributed by atoms with van der Waals surface area (Å²) < 4.78 is 15.1. The fourth-order valence-corrected chi connectivity index (χ4v) is 3.98. The first kappa shape index (κ1) is 27.9. The normalized spacial score (nSPS) is 10.6. The maximum Gasteiger partial charge on any atom is 0.342 e. The quantitative estimate of drug-likeness (QED) is 0.203. The summed E-state index contributed by atoms with van der Waals surface area (Å²) in [4.78, 5) is 39.0. The minimum Gasteiger partial charge on any atom is -0.507 e. The molecule has 0 aliphatic heterocycles. The third-order valence-electron chi connectivity index (χ3n) is 5.89. The molecule has 2 rings (SSSR count). The van der Waals surface area contributed by atoms with Gasteiger partial charge in [0.15, 0.2) is 5.78 Å². The van der Waals surface area contributed by atoms with E-state index in [9.17, 15) is 19.5 Å².